The SMILES string of the molecule is CC(NC(=O)C1CCC(N)CC1)c1ccccc1. The van der Waals surface area contributed by atoms with Gasteiger partial charge in [-0.1, -0.05) is 30.3 Å². The van der Waals surface area contributed by atoms with Crippen LogP contribution in [0.2, 0.25) is 0 Å². The lowest BCUT2D eigenvalue weighted by Crippen LogP contribution is -2.37. The lowest BCUT2D eigenvalue weighted by molar-refractivity contribution is -0.126. The van der Waals surface area contributed by atoms with Crippen molar-refractivity contribution in [2.75, 3.05) is 0 Å². The Morgan fingerprint density at radius 3 is 2.44 bits per heavy atom. The van der Waals surface area contributed by atoms with Gasteiger partial charge in [-0.25, -0.2) is 0 Å². The Morgan fingerprint density at radius 2 is 1.83 bits per heavy atom. The molecule has 0 bridgehead atoms. The molecular weight excluding hydrogens is 224 g/mol. The van der Waals surface area contributed by atoms with Gasteiger partial charge in [0, 0.05) is 12.0 Å². The number of carbonyl (C=O) groups excluding carboxylic acids is 1. The van der Waals surface area contributed by atoms with Crippen LogP contribution < -0.4 is 11.1 Å². The van der Waals surface area contributed by atoms with Gasteiger partial charge in [-0.05, 0) is 38.2 Å². The predicted octanol–water partition coefficient (Wildman–Crippen LogP) is 2.38. The van der Waals surface area contributed by atoms with E-state index in [1.807, 2.05) is 37.3 Å². The van der Waals surface area contributed by atoms with E-state index >= 15 is 0 Å². The molecule has 1 unspecified atom stereocenters. The quantitative estimate of drug-likeness (QED) is 0.860. The summed E-state index contributed by atoms with van der Waals surface area (Å²) in [6.45, 7) is 2.03. The number of nitrogens with two attached hydrogens (primary N) is 1. The van der Waals surface area contributed by atoms with Crippen molar-refractivity contribution in [3.63, 3.8) is 0 Å². The van der Waals surface area contributed by atoms with Crippen molar-refractivity contribution in [3.05, 3.63) is 35.9 Å². The third-order valence-electron chi connectivity index (χ3n) is 3.80. The molecule has 0 aromatic heterocycles. The van der Waals surface area contributed by atoms with Gasteiger partial charge in [0.15, 0.2) is 0 Å². The van der Waals surface area contributed by atoms with Crippen molar-refractivity contribution >= 4 is 5.91 Å². The second-order valence-electron chi connectivity index (χ2n) is 5.25. The van der Waals surface area contributed by atoms with Crippen molar-refractivity contribution < 1.29 is 4.79 Å². The van der Waals surface area contributed by atoms with Crippen LogP contribution in [0.5, 0.6) is 0 Å². The van der Waals surface area contributed by atoms with Crippen LogP contribution in [-0.4, -0.2) is 11.9 Å². The summed E-state index contributed by atoms with van der Waals surface area (Å²) in [7, 11) is 0. The van der Waals surface area contributed by atoms with Crippen molar-refractivity contribution in [3.8, 4) is 0 Å². The number of hydrogen-bond donors (Lipinski definition) is 2. The van der Waals surface area contributed by atoms with Gasteiger partial charge < -0.3 is 11.1 Å². The summed E-state index contributed by atoms with van der Waals surface area (Å²) < 4.78 is 0. The van der Waals surface area contributed by atoms with Gasteiger partial charge in [0.2, 0.25) is 5.91 Å². The normalized spacial score (nSPS) is 25.4. The lowest BCUT2D eigenvalue weighted by Gasteiger charge is -2.26. The van der Waals surface area contributed by atoms with Crippen LogP contribution in [0.25, 0.3) is 0 Å². The molecule has 0 radical (unpaired) electrons. The largest absolute Gasteiger partial charge is 0.349 e. The third kappa shape index (κ3) is 3.33. The first-order chi connectivity index (χ1) is 8.66. The predicted molar refractivity (Wildman–Crippen MR) is 72.9 cm³/mol. The Bertz CT molecular complexity index is 383. The van der Waals surface area contributed by atoms with E-state index in [4.69, 9.17) is 5.73 Å². The Morgan fingerprint density at radius 1 is 1.22 bits per heavy atom. The molecule has 2 rings (SSSR count). The summed E-state index contributed by atoms with van der Waals surface area (Å²) in [5.41, 5.74) is 7.01. The fraction of sp³-hybridized carbons (Fsp3) is 0.533. The van der Waals surface area contributed by atoms with Crippen molar-refractivity contribution in [2.45, 2.75) is 44.7 Å². The van der Waals surface area contributed by atoms with Gasteiger partial charge in [0.05, 0.1) is 6.04 Å². The van der Waals surface area contributed by atoms with Gasteiger partial charge in [-0.2, -0.15) is 0 Å². The zero-order chi connectivity index (χ0) is 13.0. The molecule has 3 nitrogen and oxygen atoms in total. The zero-order valence-electron chi connectivity index (χ0n) is 10.9. The minimum atomic E-state index is 0.0781. The summed E-state index contributed by atoms with van der Waals surface area (Å²) in [6, 6.07) is 10.4. The van der Waals surface area contributed by atoms with E-state index in [0.29, 0.717) is 6.04 Å². The van der Waals surface area contributed by atoms with E-state index in [2.05, 4.69) is 5.32 Å². The first kappa shape index (κ1) is 13.1. The van der Waals surface area contributed by atoms with E-state index in [1.165, 1.54) is 0 Å². The Hall–Kier alpha value is -1.35. The second-order valence-corrected chi connectivity index (χ2v) is 5.25. The number of hydrogen-bond acceptors (Lipinski definition) is 2. The molecule has 1 atom stereocenters. The van der Waals surface area contributed by atoms with E-state index in [0.717, 1.165) is 31.2 Å². The number of amides is 1. The molecule has 3 heteroatoms. The minimum Gasteiger partial charge on any atom is -0.349 e. The summed E-state index contributed by atoms with van der Waals surface area (Å²) in [5, 5.41) is 3.10. The molecule has 0 saturated heterocycles. The molecule has 98 valence electrons. The molecule has 1 aliphatic carbocycles. The monoisotopic (exact) mass is 246 g/mol. The lowest BCUT2D eigenvalue weighted by atomic mass is 9.85. The van der Waals surface area contributed by atoms with E-state index in [-0.39, 0.29) is 17.9 Å². The maximum Gasteiger partial charge on any atom is 0.223 e. The fourth-order valence-electron chi connectivity index (χ4n) is 2.54. The highest BCUT2D eigenvalue weighted by Gasteiger charge is 2.25. The summed E-state index contributed by atoms with van der Waals surface area (Å²) >= 11 is 0. The number of carbonyl (C=O) groups is 1. The maximum atomic E-state index is 12.1. The van der Waals surface area contributed by atoms with Gasteiger partial charge in [0.25, 0.3) is 0 Å². The molecule has 18 heavy (non-hydrogen) atoms. The standard InChI is InChI=1S/C15H22N2O/c1-11(12-5-3-2-4-6-12)17-15(18)13-7-9-14(16)10-8-13/h2-6,11,13-14H,7-10,16H2,1H3,(H,17,18). The molecule has 1 aliphatic rings. The van der Waals surface area contributed by atoms with Crippen LogP contribution in [0, 0.1) is 5.92 Å². The first-order valence-corrected chi connectivity index (χ1v) is 6.77. The molecule has 1 aromatic carbocycles. The fourth-order valence-corrected chi connectivity index (χ4v) is 2.54. The van der Waals surface area contributed by atoms with Gasteiger partial charge >= 0.3 is 0 Å². The minimum absolute atomic E-state index is 0.0781. The molecule has 3 N–H and O–H groups in total. The Labute approximate surface area is 109 Å². The maximum absolute atomic E-state index is 12.1. The average molecular weight is 246 g/mol. The Kier molecular flexibility index (Phi) is 4.37. The summed E-state index contributed by atoms with van der Waals surface area (Å²) in [6.07, 6.45) is 3.79. The van der Waals surface area contributed by atoms with Gasteiger partial charge in [0.1, 0.15) is 0 Å². The highest BCUT2D eigenvalue weighted by Crippen LogP contribution is 2.24. The number of nitrogens with one attached hydrogen (secondary N) is 1. The van der Waals surface area contributed by atoms with Crippen LogP contribution in [0.4, 0.5) is 0 Å². The van der Waals surface area contributed by atoms with Crippen LogP contribution in [0.3, 0.4) is 0 Å². The smallest absolute Gasteiger partial charge is 0.223 e. The molecular formula is C15H22N2O. The topological polar surface area (TPSA) is 55.1 Å². The number of rotatable bonds is 3. The molecule has 0 aliphatic heterocycles. The van der Waals surface area contributed by atoms with Crippen LogP contribution in [0.15, 0.2) is 30.3 Å². The zero-order valence-corrected chi connectivity index (χ0v) is 10.9. The average Bonchev–Trinajstić information content (AvgIpc) is 2.40. The van der Waals surface area contributed by atoms with Gasteiger partial charge in [-0.15, -0.1) is 0 Å². The first-order valence-electron chi connectivity index (χ1n) is 6.77. The Balaban J connectivity index is 1.87. The van der Waals surface area contributed by atoms with E-state index < -0.39 is 0 Å². The highest BCUT2D eigenvalue weighted by atomic mass is 16.1. The highest BCUT2D eigenvalue weighted by molar-refractivity contribution is 5.79. The summed E-state index contributed by atoms with van der Waals surface area (Å²) in [5.74, 6) is 0.328. The van der Waals surface area contributed by atoms with E-state index in [9.17, 15) is 4.79 Å². The van der Waals surface area contributed by atoms with Crippen molar-refractivity contribution in [1.82, 2.24) is 5.32 Å². The molecule has 1 amide bonds. The van der Waals surface area contributed by atoms with E-state index in [1.54, 1.807) is 0 Å². The summed E-state index contributed by atoms with van der Waals surface area (Å²) in [4.78, 5) is 12.1. The van der Waals surface area contributed by atoms with Gasteiger partial charge in [-0.3, -0.25) is 4.79 Å². The molecule has 0 spiro atoms. The third-order valence-corrected chi connectivity index (χ3v) is 3.80. The molecule has 1 fully saturated rings. The van der Waals surface area contributed by atoms with Crippen LogP contribution in [-0.2, 0) is 4.79 Å². The van der Waals surface area contributed by atoms with Crippen molar-refractivity contribution in [1.29, 1.82) is 0 Å². The van der Waals surface area contributed by atoms with Crippen LogP contribution >= 0.6 is 0 Å². The van der Waals surface area contributed by atoms with Crippen molar-refractivity contribution in [2.24, 2.45) is 11.7 Å². The van der Waals surface area contributed by atoms with Crippen LogP contribution in [0.1, 0.15) is 44.2 Å². The molecule has 1 aromatic rings. The second kappa shape index (κ2) is 6.01. The molecule has 0 heterocycles. The number of benzene rings is 1. The molecule has 1 saturated carbocycles.